The Balaban J connectivity index is 2.04. The van der Waals surface area contributed by atoms with Gasteiger partial charge in [-0.3, -0.25) is 4.98 Å². The normalized spacial score (nSPS) is 11.2. The van der Waals surface area contributed by atoms with Gasteiger partial charge in [0.2, 0.25) is 0 Å². The summed E-state index contributed by atoms with van der Waals surface area (Å²) in [5.74, 6) is 0.265. The smallest absolute Gasteiger partial charge is 0.408 e. The average molecular weight is 245 g/mol. The van der Waals surface area contributed by atoms with Gasteiger partial charge < -0.3 is 14.5 Å². The highest BCUT2D eigenvalue weighted by Gasteiger charge is 2.06. The SMILES string of the molecule is O=c1[nH]c2cc(-c3cnc(CCO)[nH]3)ccc2o1. The Kier molecular flexibility index (Phi) is 2.49. The lowest BCUT2D eigenvalue weighted by atomic mass is 10.1. The van der Waals surface area contributed by atoms with Crippen molar-refractivity contribution in [2.75, 3.05) is 6.61 Å². The standard InChI is InChI=1S/C12H11N3O3/c16-4-3-11-13-6-9(14-11)7-1-2-10-8(5-7)15-12(17)18-10/h1-2,5-6,16H,3-4H2,(H,13,14)(H,15,17). The number of imidazole rings is 1. The summed E-state index contributed by atoms with van der Waals surface area (Å²) in [5, 5.41) is 8.83. The molecule has 3 rings (SSSR count). The molecule has 1 aromatic carbocycles. The van der Waals surface area contributed by atoms with Gasteiger partial charge in [-0.2, -0.15) is 0 Å². The molecule has 0 fully saturated rings. The molecule has 0 aliphatic heterocycles. The Labute approximate surface area is 101 Å². The molecule has 2 heterocycles. The van der Waals surface area contributed by atoms with Gasteiger partial charge in [0.25, 0.3) is 0 Å². The molecule has 0 amide bonds. The zero-order valence-corrected chi connectivity index (χ0v) is 9.43. The van der Waals surface area contributed by atoms with Crippen LogP contribution in [0.25, 0.3) is 22.4 Å². The molecule has 0 radical (unpaired) electrons. The predicted octanol–water partition coefficient (Wildman–Crippen LogP) is 1.05. The molecule has 0 saturated carbocycles. The number of H-pyrrole nitrogens is 2. The number of benzene rings is 1. The number of nitrogens with zero attached hydrogens (tertiary/aromatic N) is 1. The van der Waals surface area contributed by atoms with E-state index in [0.717, 1.165) is 17.1 Å². The van der Waals surface area contributed by atoms with Crippen LogP contribution < -0.4 is 5.76 Å². The zero-order valence-electron chi connectivity index (χ0n) is 9.43. The fourth-order valence-corrected chi connectivity index (χ4v) is 1.86. The molecule has 2 aromatic heterocycles. The molecule has 6 heteroatoms. The number of hydrogen-bond acceptors (Lipinski definition) is 4. The third-order valence-corrected chi connectivity index (χ3v) is 2.71. The van der Waals surface area contributed by atoms with Crippen molar-refractivity contribution in [2.24, 2.45) is 0 Å². The number of nitrogens with one attached hydrogen (secondary N) is 2. The van der Waals surface area contributed by atoms with Crippen molar-refractivity contribution in [2.45, 2.75) is 6.42 Å². The van der Waals surface area contributed by atoms with Crippen molar-refractivity contribution in [3.8, 4) is 11.3 Å². The number of aromatic amines is 2. The molecule has 3 aromatic rings. The van der Waals surface area contributed by atoms with Gasteiger partial charge in [0.15, 0.2) is 5.58 Å². The second-order valence-corrected chi connectivity index (χ2v) is 3.94. The molecule has 0 unspecified atom stereocenters. The summed E-state index contributed by atoms with van der Waals surface area (Å²) in [7, 11) is 0. The zero-order chi connectivity index (χ0) is 12.5. The fourth-order valence-electron chi connectivity index (χ4n) is 1.86. The maximum absolute atomic E-state index is 11.1. The Morgan fingerprint density at radius 2 is 2.22 bits per heavy atom. The van der Waals surface area contributed by atoms with Gasteiger partial charge in [-0.05, 0) is 18.2 Å². The lowest BCUT2D eigenvalue weighted by Crippen LogP contribution is -1.93. The van der Waals surface area contributed by atoms with Crippen molar-refractivity contribution in [1.82, 2.24) is 15.0 Å². The molecule has 0 aliphatic rings. The summed E-state index contributed by atoms with van der Waals surface area (Å²) < 4.78 is 4.93. The average Bonchev–Trinajstić information content (AvgIpc) is 2.93. The third kappa shape index (κ3) is 1.82. The maximum atomic E-state index is 11.1. The minimum absolute atomic E-state index is 0.0566. The number of hydrogen-bond donors (Lipinski definition) is 3. The van der Waals surface area contributed by atoms with Crippen molar-refractivity contribution in [3.05, 3.63) is 40.8 Å². The number of rotatable bonds is 3. The van der Waals surface area contributed by atoms with Crippen molar-refractivity contribution in [1.29, 1.82) is 0 Å². The highest BCUT2D eigenvalue weighted by Crippen LogP contribution is 2.21. The summed E-state index contributed by atoms with van der Waals surface area (Å²) in [4.78, 5) is 20.9. The van der Waals surface area contributed by atoms with Crippen LogP contribution in [0.3, 0.4) is 0 Å². The topological polar surface area (TPSA) is 94.9 Å². The second-order valence-electron chi connectivity index (χ2n) is 3.94. The van der Waals surface area contributed by atoms with E-state index in [1.807, 2.05) is 12.1 Å². The Bertz CT molecular complexity index is 738. The van der Waals surface area contributed by atoms with E-state index in [0.29, 0.717) is 17.5 Å². The van der Waals surface area contributed by atoms with Crippen molar-refractivity contribution < 1.29 is 9.52 Å². The lowest BCUT2D eigenvalue weighted by Gasteiger charge is -1.96. The molecular weight excluding hydrogens is 234 g/mol. The van der Waals surface area contributed by atoms with Crippen LogP contribution in [0, 0.1) is 0 Å². The summed E-state index contributed by atoms with van der Waals surface area (Å²) in [6.07, 6.45) is 2.19. The number of aliphatic hydroxyl groups is 1. The number of aromatic nitrogens is 3. The quantitative estimate of drug-likeness (QED) is 0.642. The monoisotopic (exact) mass is 245 g/mol. The van der Waals surface area contributed by atoms with Crippen LogP contribution in [-0.4, -0.2) is 26.7 Å². The minimum Gasteiger partial charge on any atom is -0.408 e. The van der Waals surface area contributed by atoms with Gasteiger partial charge in [0.1, 0.15) is 5.82 Å². The second kappa shape index (κ2) is 4.15. The van der Waals surface area contributed by atoms with Crippen LogP contribution >= 0.6 is 0 Å². The van der Waals surface area contributed by atoms with Gasteiger partial charge >= 0.3 is 5.76 Å². The molecule has 92 valence electrons. The first kappa shape index (κ1) is 10.8. The van der Waals surface area contributed by atoms with Crippen LogP contribution in [0.2, 0.25) is 0 Å². The van der Waals surface area contributed by atoms with E-state index in [9.17, 15) is 4.79 Å². The molecular formula is C12H11N3O3. The summed E-state index contributed by atoms with van der Waals surface area (Å²) in [6, 6.07) is 5.39. The van der Waals surface area contributed by atoms with Crippen LogP contribution in [0.5, 0.6) is 0 Å². The highest BCUT2D eigenvalue weighted by molar-refractivity contribution is 5.78. The molecule has 0 bridgehead atoms. The molecule has 3 N–H and O–H groups in total. The largest absolute Gasteiger partial charge is 0.417 e. The van der Waals surface area contributed by atoms with E-state index in [4.69, 9.17) is 9.52 Å². The molecule has 18 heavy (non-hydrogen) atoms. The van der Waals surface area contributed by atoms with Gasteiger partial charge in [-0.25, -0.2) is 9.78 Å². The van der Waals surface area contributed by atoms with Crippen LogP contribution in [-0.2, 0) is 6.42 Å². The first-order valence-electron chi connectivity index (χ1n) is 5.54. The number of aliphatic hydroxyl groups excluding tert-OH is 1. The van der Waals surface area contributed by atoms with E-state index < -0.39 is 5.76 Å². The Morgan fingerprint density at radius 1 is 1.33 bits per heavy atom. The van der Waals surface area contributed by atoms with Gasteiger partial charge in [0, 0.05) is 12.0 Å². The van der Waals surface area contributed by atoms with E-state index in [-0.39, 0.29) is 6.61 Å². The van der Waals surface area contributed by atoms with E-state index in [1.165, 1.54) is 0 Å². The minimum atomic E-state index is -0.465. The first-order valence-corrected chi connectivity index (χ1v) is 5.54. The van der Waals surface area contributed by atoms with Crippen LogP contribution in [0.15, 0.2) is 33.6 Å². The van der Waals surface area contributed by atoms with E-state index in [2.05, 4.69) is 15.0 Å². The summed E-state index contributed by atoms with van der Waals surface area (Å²) >= 11 is 0. The van der Waals surface area contributed by atoms with Crippen LogP contribution in [0.1, 0.15) is 5.82 Å². The van der Waals surface area contributed by atoms with Crippen molar-refractivity contribution >= 4 is 11.1 Å². The molecule has 6 nitrogen and oxygen atoms in total. The van der Waals surface area contributed by atoms with Crippen LogP contribution in [0.4, 0.5) is 0 Å². The van der Waals surface area contributed by atoms with Gasteiger partial charge in [-0.1, -0.05) is 0 Å². The molecule has 0 atom stereocenters. The molecule has 0 spiro atoms. The summed E-state index contributed by atoms with van der Waals surface area (Å²) in [5.41, 5.74) is 2.91. The fraction of sp³-hybridized carbons (Fsp3) is 0.167. The highest BCUT2D eigenvalue weighted by atomic mass is 16.4. The maximum Gasteiger partial charge on any atom is 0.417 e. The van der Waals surface area contributed by atoms with Crippen molar-refractivity contribution in [3.63, 3.8) is 0 Å². The Morgan fingerprint density at radius 3 is 3.06 bits per heavy atom. The van der Waals surface area contributed by atoms with Gasteiger partial charge in [0.05, 0.1) is 24.0 Å². The first-order chi connectivity index (χ1) is 8.76. The number of fused-ring (bicyclic) bond motifs is 1. The van der Waals surface area contributed by atoms with E-state index >= 15 is 0 Å². The summed E-state index contributed by atoms with van der Waals surface area (Å²) in [6.45, 7) is 0.0566. The van der Waals surface area contributed by atoms with Gasteiger partial charge in [-0.15, -0.1) is 0 Å². The molecule has 0 aliphatic carbocycles. The van der Waals surface area contributed by atoms with E-state index in [1.54, 1.807) is 12.3 Å². The number of oxazole rings is 1. The lowest BCUT2D eigenvalue weighted by molar-refractivity contribution is 0.297. The predicted molar refractivity (Wildman–Crippen MR) is 65.2 cm³/mol. The molecule has 0 saturated heterocycles. The Hall–Kier alpha value is -2.34. The third-order valence-electron chi connectivity index (χ3n) is 2.71.